The Hall–Kier alpha value is -0.280. The van der Waals surface area contributed by atoms with E-state index in [0.29, 0.717) is 23.9 Å². The van der Waals surface area contributed by atoms with E-state index in [0.717, 1.165) is 15.8 Å². The third-order valence-electron chi connectivity index (χ3n) is 2.03. The topological polar surface area (TPSA) is 17.1 Å². The fourth-order valence-electron chi connectivity index (χ4n) is 1.29. The third-order valence-corrected chi connectivity index (χ3v) is 3.99. The minimum Gasteiger partial charge on any atom is -0.298 e. The summed E-state index contributed by atoms with van der Waals surface area (Å²) in [6, 6.07) is 7.94. The lowest BCUT2D eigenvalue weighted by atomic mass is 10.1. The van der Waals surface area contributed by atoms with Crippen molar-refractivity contribution >= 4 is 33.5 Å². The predicted octanol–water partition coefficient (Wildman–Crippen LogP) is 3.95. The molecule has 0 saturated heterocycles. The summed E-state index contributed by atoms with van der Waals surface area (Å²) < 4.78 is 1.05. The summed E-state index contributed by atoms with van der Waals surface area (Å²) in [5, 5.41) is 0. The van der Waals surface area contributed by atoms with Gasteiger partial charge in [-0.3, -0.25) is 4.79 Å². The molecule has 0 fully saturated rings. The Morgan fingerprint density at radius 2 is 1.94 bits per heavy atom. The molecule has 1 rings (SSSR count). The summed E-state index contributed by atoms with van der Waals surface area (Å²) in [6.45, 7) is 4.35. The van der Waals surface area contributed by atoms with E-state index < -0.39 is 0 Å². The smallest absolute Gasteiger partial charge is 0.147 e. The Labute approximate surface area is 110 Å². The lowest BCUT2D eigenvalue weighted by Crippen LogP contribution is -2.07. The first-order chi connectivity index (χ1) is 7.58. The van der Waals surface area contributed by atoms with E-state index in [-0.39, 0.29) is 0 Å². The highest BCUT2D eigenvalue weighted by Gasteiger charge is 2.04. The van der Waals surface area contributed by atoms with Crippen molar-refractivity contribution in [1.29, 1.82) is 0 Å². The van der Waals surface area contributed by atoms with Crippen LogP contribution in [0.25, 0.3) is 0 Å². The number of Topliss-reactive ketones (excluding diaryl/α,β-unsaturated/α-hetero) is 1. The molecule has 0 unspecified atom stereocenters. The van der Waals surface area contributed by atoms with Crippen LogP contribution < -0.4 is 0 Å². The highest BCUT2D eigenvalue weighted by atomic mass is 79.9. The summed E-state index contributed by atoms with van der Waals surface area (Å²) in [6.07, 6.45) is 0.554. The molecule has 0 saturated carbocycles. The number of hydrogen-bond donors (Lipinski definition) is 0. The zero-order valence-corrected chi connectivity index (χ0v) is 12.1. The van der Waals surface area contributed by atoms with Gasteiger partial charge in [-0.1, -0.05) is 41.9 Å². The molecule has 88 valence electrons. The van der Waals surface area contributed by atoms with Crippen molar-refractivity contribution in [3.8, 4) is 0 Å². The van der Waals surface area contributed by atoms with Gasteiger partial charge < -0.3 is 0 Å². The molecule has 16 heavy (non-hydrogen) atoms. The largest absolute Gasteiger partial charge is 0.298 e. The molecule has 3 heteroatoms. The molecular formula is C13H17BrOS. The van der Waals surface area contributed by atoms with Gasteiger partial charge in [0.15, 0.2) is 0 Å². The monoisotopic (exact) mass is 300 g/mol. The number of ketones is 1. The summed E-state index contributed by atoms with van der Waals surface area (Å²) in [5.41, 5.74) is 1.10. The number of thioether (sulfide) groups is 1. The number of carbonyl (C=O) groups excluding carboxylic acids is 1. The molecule has 1 nitrogen and oxygen atoms in total. The Bertz CT molecular complexity index is 332. The third kappa shape index (κ3) is 5.71. The van der Waals surface area contributed by atoms with E-state index in [1.165, 1.54) is 0 Å². The SMILES string of the molecule is CC(C)CSCC(=O)Cc1ccc(Br)cc1. The average molecular weight is 301 g/mol. The van der Waals surface area contributed by atoms with E-state index in [1.807, 2.05) is 24.3 Å². The van der Waals surface area contributed by atoms with Gasteiger partial charge in [0, 0.05) is 10.9 Å². The van der Waals surface area contributed by atoms with Gasteiger partial charge >= 0.3 is 0 Å². The summed E-state index contributed by atoms with van der Waals surface area (Å²) in [7, 11) is 0. The van der Waals surface area contributed by atoms with Crippen LogP contribution in [0.5, 0.6) is 0 Å². The molecule has 0 aromatic heterocycles. The molecule has 0 N–H and O–H groups in total. The Morgan fingerprint density at radius 3 is 2.50 bits per heavy atom. The standard InChI is InChI=1S/C13H17BrOS/c1-10(2)8-16-9-13(15)7-11-3-5-12(14)6-4-11/h3-6,10H,7-9H2,1-2H3. The minimum absolute atomic E-state index is 0.313. The summed E-state index contributed by atoms with van der Waals surface area (Å²) in [4.78, 5) is 11.6. The molecule has 0 bridgehead atoms. The highest BCUT2D eigenvalue weighted by molar-refractivity contribution is 9.10. The van der Waals surface area contributed by atoms with Gasteiger partial charge in [0.2, 0.25) is 0 Å². The van der Waals surface area contributed by atoms with Crippen LogP contribution in [0.15, 0.2) is 28.7 Å². The maximum atomic E-state index is 11.6. The second kappa shape index (κ2) is 7.13. The van der Waals surface area contributed by atoms with Crippen molar-refractivity contribution in [3.05, 3.63) is 34.3 Å². The van der Waals surface area contributed by atoms with Gasteiger partial charge in [-0.15, -0.1) is 0 Å². The maximum absolute atomic E-state index is 11.6. The normalized spacial score (nSPS) is 10.8. The van der Waals surface area contributed by atoms with Crippen molar-refractivity contribution in [2.75, 3.05) is 11.5 Å². The van der Waals surface area contributed by atoms with Gasteiger partial charge in [-0.2, -0.15) is 11.8 Å². The van der Waals surface area contributed by atoms with Gasteiger partial charge in [0.05, 0.1) is 5.75 Å². The van der Waals surface area contributed by atoms with Crippen LogP contribution in [0.1, 0.15) is 19.4 Å². The van der Waals surface area contributed by atoms with Crippen LogP contribution in [0, 0.1) is 5.92 Å². The van der Waals surface area contributed by atoms with Crippen LogP contribution in [0.4, 0.5) is 0 Å². The second-order valence-electron chi connectivity index (χ2n) is 4.25. The van der Waals surface area contributed by atoms with E-state index in [1.54, 1.807) is 11.8 Å². The van der Waals surface area contributed by atoms with E-state index in [4.69, 9.17) is 0 Å². The van der Waals surface area contributed by atoms with Gasteiger partial charge in [-0.25, -0.2) is 0 Å². The second-order valence-corrected chi connectivity index (χ2v) is 6.20. The van der Waals surface area contributed by atoms with Gasteiger partial charge in [-0.05, 0) is 29.4 Å². The number of carbonyl (C=O) groups is 1. The molecular weight excluding hydrogens is 284 g/mol. The van der Waals surface area contributed by atoms with Crippen molar-refractivity contribution < 1.29 is 4.79 Å². The molecule has 0 aliphatic heterocycles. The first-order valence-electron chi connectivity index (χ1n) is 5.42. The van der Waals surface area contributed by atoms with E-state index >= 15 is 0 Å². The number of hydrogen-bond acceptors (Lipinski definition) is 2. The number of benzene rings is 1. The van der Waals surface area contributed by atoms with Crippen molar-refractivity contribution in [2.24, 2.45) is 5.92 Å². The van der Waals surface area contributed by atoms with Crippen molar-refractivity contribution in [3.63, 3.8) is 0 Å². The van der Waals surface area contributed by atoms with E-state index in [9.17, 15) is 4.79 Å². The average Bonchev–Trinajstić information content (AvgIpc) is 2.21. The molecule has 0 amide bonds. The Morgan fingerprint density at radius 1 is 1.31 bits per heavy atom. The quantitative estimate of drug-likeness (QED) is 0.791. The fourth-order valence-corrected chi connectivity index (χ4v) is 2.47. The molecule has 0 heterocycles. The molecule has 1 aromatic rings. The van der Waals surface area contributed by atoms with Crippen LogP contribution >= 0.6 is 27.7 Å². The van der Waals surface area contributed by atoms with E-state index in [2.05, 4.69) is 29.8 Å². The van der Waals surface area contributed by atoms with Gasteiger partial charge in [0.25, 0.3) is 0 Å². The molecule has 0 aliphatic rings. The number of halogens is 1. The Kier molecular flexibility index (Phi) is 6.14. The van der Waals surface area contributed by atoms with Crippen molar-refractivity contribution in [2.45, 2.75) is 20.3 Å². The molecule has 0 atom stereocenters. The Balaban J connectivity index is 2.31. The van der Waals surface area contributed by atoms with Crippen LogP contribution in [-0.2, 0) is 11.2 Å². The fraction of sp³-hybridized carbons (Fsp3) is 0.462. The van der Waals surface area contributed by atoms with Crippen LogP contribution in [0.2, 0.25) is 0 Å². The molecule has 1 aromatic carbocycles. The first kappa shape index (κ1) is 13.8. The molecule has 0 aliphatic carbocycles. The van der Waals surface area contributed by atoms with Crippen molar-refractivity contribution in [1.82, 2.24) is 0 Å². The van der Waals surface area contributed by atoms with Crippen LogP contribution in [0.3, 0.4) is 0 Å². The predicted molar refractivity (Wildman–Crippen MR) is 75.0 cm³/mol. The first-order valence-corrected chi connectivity index (χ1v) is 7.36. The summed E-state index contributed by atoms with van der Waals surface area (Å²) in [5.74, 6) is 2.67. The maximum Gasteiger partial charge on any atom is 0.147 e. The minimum atomic E-state index is 0.313. The lowest BCUT2D eigenvalue weighted by molar-refractivity contribution is -0.116. The lowest BCUT2D eigenvalue weighted by Gasteiger charge is -2.04. The highest BCUT2D eigenvalue weighted by Crippen LogP contribution is 2.13. The zero-order valence-electron chi connectivity index (χ0n) is 9.70. The summed E-state index contributed by atoms with van der Waals surface area (Å²) >= 11 is 5.11. The zero-order chi connectivity index (χ0) is 12.0. The van der Waals surface area contributed by atoms with Gasteiger partial charge in [0.1, 0.15) is 5.78 Å². The van der Waals surface area contributed by atoms with Crippen LogP contribution in [-0.4, -0.2) is 17.3 Å². The number of rotatable bonds is 6. The molecule has 0 radical (unpaired) electrons. The molecule has 0 spiro atoms.